The van der Waals surface area contributed by atoms with Gasteiger partial charge in [0.25, 0.3) is 0 Å². The topological polar surface area (TPSA) is 35.2 Å². The number of ether oxygens (including phenoxy) is 1. The van der Waals surface area contributed by atoms with Gasteiger partial charge in [-0.3, -0.25) is 0 Å². The predicted octanol–water partition coefficient (Wildman–Crippen LogP) is 3.35. The highest BCUT2D eigenvalue weighted by Crippen LogP contribution is 2.31. The molecule has 0 unspecified atom stereocenters. The summed E-state index contributed by atoms with van der Waals surface area (Å²) in [4.78, 5) is 0. The number of fused-ring (bicyclic) bond motifs is 1. The Hall–Kier alpha value is -1.23. The van der Waals surface area contributed by atoms with Gasteiger partial charge in [-0.05, 0) is 42.5 Å². The lowest BCUT2D eigenvalue weighted by atomic mass is 9.88. The van der Waals surface area contributed by atoms with Crippen molar-refractivity contribution >= 4 is 0 Å². The molecular weight excluding hydrogens is 243 g/mol. The number of halogens is 3. The van der Waals surface area contributed by atoms with E-state index in [1.807, 2.05) is 6.07 Å². The smallest absolute Gasteiger partial charge is 0.392 e. The van der Waals surface area contributed by atoms with E-state index in [0.29, 0.717) is 5.75 Å². The van der Waals surface area contributed by atoms with Crippen LogP contribution >= 0.6 is 0 Å². The van der Waals surface area contributed by atoms with Gasteiger partial charge >= 0.3 is 6.18 Å². The Bertz CT molecular complexity index is 417. The Morgan fingerprint density at radius 3 is 2.83 bits per heavy atom. The van der Waals surface area contributed by atoms with Crippen LogP contribution in [0.1, 0.15) is 36.4 Å². The average molecular weight is 259 g/mol. The molecule has 0 fully saturated rings. The monoisotopic (exact) mass is 259 g/mol. The molecule has 2 N–H and O–H groups in total. The molecule has 1 aliphatic rings. The fourth-order valence-corrected chi connectivity index (χ4v) is 2.19. The molecule has 0 spiro atoms. The van der Waals surface area contributed by atoms with Gasteiger partial charge in [0.2, 0.25) is 0 Å². The fraction of sp³-hybridized carbons (Fsp3) is 0.538. The lowest BCUT2D eigenvalue weighted by Crippen LogP contribution is -2.18. The van der Waals surface area contributed by atoms with E-state index in [0.717, 1.165) is 24.8 Å². The summed E-state index contributed by atoms with van der Waals surface area (Å²) < 4.78 is 41.1. The highest BCUT2D eigenvalue weighted by atomic mass is 19.4. The summed E-state index contributed by atoms with van der Waals surface area (Å²) in [6.07, 6.45) is -2.16. The molecule has 0 aromatic heterocycles. The molecule has 0 radical (unpaired) electrons. The van der Waals surface area contributed by atoms with Crippen molar-refractivity contribution in [1.29, 1.82) is 0 Å². The SMILES string of the molecule is N[C@H]1CCCc2ccc(OCCC(F)(F)F)cc21. The largest absolute Gasteiger partial charge is 0.493 e. The number of rotatable bonds is 3. The van der Waals surface area contributed by atoms with Gasteiger partial charge in [-0.1, -0.05) is 6.07 Å². The van der Waals surface area contributed by atoms with Gasteiger partial charge in [0.15, 0.2) is 0 Å². The van der Waals surface area contributed by atoms with E-state index in [2.05, 4.69) is 0 Å². The molecule has 0 bridgehead atoms. The van der Waals surface area contributed by atoms with E-state index in [1.165, 1.54) is 5.56 Å². The van der Waals surface area contributed by atoms with Gasteiger partial charge in [0.1, 0.15) is 5.75 Å². The van der Waals surface area contributed by atoms with Gasteiger partial charge in [-0.2, -0.15) is 13.2 Å². The minimum Gasteiger partial charge on any atom is -0.493 e. The first-order chi connectivity index (χ1) is 8.46. The minimum atomic E-state index is -4.18. The molecule has 1 aliphatic carbocycles. The Labute approximate surface area is 104 Å². The van der Waals surface area contributed by atoms with Crippen molar-refractivity contribution in [3.8, 4) is 5.75 Å². The third-order valence-electron chi connectivity index (χ3n) is 3.13. The third-order valence-corrected chi connectivity index (χ3v) is 3.13. The van der Waals surface area contributed by atoms with Gasteiger partial charge in [0.05, 0.1) is 13.0 Å². The highest BCUT2D eigenvalue weighted by molar-refractivity contribution is 5.39. The summed E-state index contributed by atoms with van der Waals surface area (Å²) in [5, 5.41) is 0. The molecule has 18 heavy (non-hydrogen) atoms. The predicted molar refractivity (Wildman–Crippen MR) is 62.5 cm³/mol. The van der Waals surface area contributed by atoms with E-state index in [-0.39, 0.29) is 12.6 Å². The van der Waals surface area contributed by atoms with Crippen LogP contribution < -0.4 is 10.5 Å². The van der Waals surface area contributed by atoms with Gasteiger partial charge < -0.3 is 10.5 Å². The van der Waals surface area contributed by atoms with E-state index in [9.17, 15) is 13.2 Å². The summed E-state index contributed by atoms with van der Waals surface area (Å²) in [5.41, 5.74) is 8.16. The van der Waals surface area contributed by atoms with Crippen LogP contribution in [0.4, 0.5) is 13.2 Å². The zero-order valence-corrected chi connectivity index (χ0v) is 9.96. The maximum Gasteiger partial charge on any atom is 0.392 e. The maximum absolute atomic E-state index is 12.0. The van der Waals surface area contributed by atoms with E-state index < -0.39 is 12.6 Å². The molecule has 0 amide bonds. The van der Waals surface area contributed by atoms with E-state index in [1.54, 1.807) is 12.1 Å². The Kier molecular flexibility index (Phi) is 3.80. The molecule has 100 valence electrons. The molecule has 2 nitrogen and oxygen atoms in total. The van der Waals surface area contributed by atoms with Crippen LogP contribution in [0.2, 0.25) is 0 Å². The van der Waals surface area contributed by atoms with Crippen molar-refractivity contribution in [3.05, 3.63) is 29.3 Å². The molecular formula is C13H16F3NO. The van der Waals surface area contributed by atoms with Crippen LogP contribution in [-0.2, 0) is 6.42 Å². The second-order valence-corrected chi connectivity index (χ2v) is 4.57. The Balaban J connectivity index is 2.00. The van der Waals surface area contributed by atoms with Crippen LogP contribution in [0.25, 0.3) is 0 Å². The summed E-state index contributed by atoms with van der Waals surface area (Å²) in [5.74, 6) is 0.468. The molecule has 0 heterocycles. The lowest BCUT2D eigenvalue weighted by molar-refractivity contribution is -0.139. The van der Waals surface area contributed by atoms with Crippen LogP contribution in [-0.4, -0.2) is 12.8 Å². The maximum atomic E-state index is 12.0. The molecule has 1 aromatic rings. The van der Waals surface area contributed by atoms with Crippen molar-refractivity contribution < 1.29 is 17.9 Å². The molecule has 1 aromatic carbocycles. The number of hydrogen-bond acceptors (Lipinski definition) is 2. The van der Waals surface area contributed by atoms with Crippen molar-refractivity contribution in [3.63, 3.8) is 0 Å². The highest BCUT2D eigenvalue weighted by Gasteiger charge is 2.27. The van der Waals surface area contributed by atoms with Crippen LogP contribution in [0.3, 0.4) is 0 Å². The van der Waals surface area contributed by atoms with Crippen molar-refractivity contribution in [2.24, 2.45) is 5.73 Å². The van der Waals surface area contributed by atoms with Crippen molar-refractivity contribution in [1.82, 2.24) is 0 Å². The molecule has 0 saturated heterocycles. The van der Waals surface area contributed by atoms with Crippen LogP contribution in [0.15, 0.2) is 18.2 Å². The zero-order valence-electron chi connectivity index (χ0n) is 9.96. The Morgan fingerprint density at radius 1 is 1.33 bits per heavy atom. The van der Waals surface area contributed by atoms with Crippen molar-refractivity contribution in [2.75, 3.05) is 6.61 Å². The summed E-state index contributed by atoms with van der Waals surface area (Å²) in [7, 11) is 0. The summed E-state index contributed by atoms with van der Waals surface area (Å²) >= 11 is 0. The normalized spacial score (nSPS) is 19.4. The molecule has 2 rings (SSSR count). The molecule has 0 aliphatic heterocycles. The average Bonchev–Trinajstić information content (AvgIpc) is 2.28. The van der Waals surface area contributed by atoms with E-state index in [4.69, 9.17) is 10.5 Å². The van der Waals surface area contributed by atoms with Crippen molar-refractivity contribution in [2.45, 2.75) is 37.9 Å². The fourth-order valence-electron chi connectivity index (χ4n) is 2.19. The minimum absolute atomic E-state index is 0.0279. The summed E-state index contributed by atoms with van der Waals surface area (Å²) in [6, 6.07) is 5.36. The Morgan fingerprint density at radius 2 is 2.11 bits per heavy atom. The molecule has 1 atom stereocenters. The molecule has 0 saturated carbocycles. The van der Waals surface area contributed by atoms with Gasteiger partial charge in [-0.15, -0.1) is 0 Å². The van der Waals surface area contributed by atoms with Crippen LogP contribution in [0.5, 0.6) is 5.75 Å². The van der Waals surface area contributed by atoms with Gasteiger partial charge in [-0.25, -0.2) is 0 Å². The van der Waals surface area contributed by atoms with Crippen LogP contribution in [0, 0.1) is 0 Å². The number of nitrogens with two attached hydrogens (primary N) is 1. The van der Waals surface area contributed by atoms with Gasteiger partial charge in [0, 0.05) is 6.04 Å². The van der Waals surface area contributed by atoms with E-state index >= 15 is 0 Å². The quantitative estimate of drug-likeness (QED) is 0.903. The first-order valence-corrected chi connectivity index (χ1v) is 6.04. The standard InChI is InChI=1S/C13H16F3NO/c14-13(15,16)6-7-18-10-5-4-9-2-1-3-12(17)11(9)8-10/h4-5,8,12H,1-3,6-7,17H2/t12-/m0/s1. The first kappa shape index (κ1) is 13.2. The zero-order chi connectivity index (χ0) is 13.2. The number of benzene rings is 1. The summed E-state index contributed by atoms with van der Waals surface area (Å²) in [6.45, 7) is -0.350. The lowest BCUT2D eigenvalue weighted by Gasteiger charge is -2.22. The number of hydrogen-bond donors (Lipinski definition) is 1. The number of aryl methyl sites for hydroxylation is 1. The molecule has 5 heteroatoms. The first-order valence-electron chi connectivity index (χ1n) is 6.04. The third kappa shape index (κ3) is 3.38. The number of alkyl halides is 3. The second kappa shape index (κ2) is 5.18. The second-order valence-electron chi connectivity index (χ2n) is 4.57.